The summed E-state index contributed by atoms with van der Waals surface area (Å²) in [7, 11) is -3.16. The van der Waals surface area contributed by atoms with E-state index in [2.05, 4.69) is 4.72 Å². The monoisotopic (exact) mass is 189 g/mol. The van der Waals surface area contributed by atoms with Gasteiger partial charge in [0.05, 0.1) is 18.6 Å². The Bertz CT molecular complexity index is 328. The van der Waals surface area contributed by atoms with E-state index < -0.39 is 10.0 Å². The third-order valence-corrected chi connectivity index (χ3v) is 2.14. The fourth-order valence-corrected chi connectivity index (χ4v) is 1.68. The standard InChI is InChI=1S/C7H11NO3S/c1-6(8-12(2,9)10)7-4-3-5-11-7/h3-6,8H,1-2H3. The third-order valence-electron chi connectivity index (χ3n) is 1.36. The van der Waals surface area contributed by atoms with E-state index in [0.717, 1.165) is 6.26 Å². The van der Waals surface area contributed by atoms with E-state index >= 15 is 0 Å². The molecule has 0 fully saturated rings. The van der Waals surface area contributed by atoms with Crippen molar-refractivity contribution in [2.45, 2.75) is 13.0 Å². The first-order chi connectivity index (χ1) is 5.49. The van der Waals surface area contributed by atoms with E-state index in [1.54, 1.807) is 19.1 Å². The number of hydrogen-bond acceptors (Lipinski definition) is 3. The SMILES string of the molecule is CC(NS(C)(=O)=O)c1ccco1. The molecule has 1 aromatic rings. The van der Waals surface area contributed by atoms with E-state index in [0.29, 0.717) is 5.76 Å². The average Bonchev–Trinajstić information content (AvgIpc) is 2.32. The normalized spacial score (nSPS) is 14.5. The minimum absolute atomic E-state index is 0.310. The van der Waals surface area contributed by atoms with Gasteiger partial charge in [0.25, 0.3) is 0 Å². The lowest BCUT2D eigenvalue weighted by Crippen LogP contribution is -2.24. The Morgan fingerprint density at radius 2 is 2.25 bits per heavy atom. The molecule has 0 aliphatic carbocycles. The van der Waals surface area contributed by atoms with Crippen molar-refractivity contribution in [2.75, 3.05) is 6.26 Å². The topological polar surface area (TPSA) is 59.3 Å². The number of nitrogens with one attached hydrogen (secondary N) is 1. The van der Waals surface area contributed by atoms with E-state index in [4.69, 9.17) is 4.42 Å². The molecule has 12 heavy (non-hydrogen) atoms. The van der Waals surface area contributed by atoms with Gasteiger partial charge in [-0.25, -0.2) is 13.1 Å². The lowest BCUT2D eigenvalue weighted by atomic mass is 10.3. The Morgan fingerprint density at radius 1 is 1.58 bits per heavy atom. The Kier molecular flexibility index (Phi) is 2.54. The zero-order chi connectivity index (χ0) is 9.19. The van der Waals surface area contributed by atoms with Crippen LogP contribution in [0, 0.1) is 0 Å². The summed E-state index contributed by atoms with van der Waals surface area (Å²) >= 11 is 0. The summed E-state index contributed by atoms with van der Waals surface area (Å²) in [4.78, 5) is 0. The predicted molar refractivity (Wildman–Crippen MR) is 45.1 cm³/mol. The molecule has 1 atom stereocenters. The van der Waals surface area contributed by atoms with Gasteiger partial charge < -0.3 is 4.42 Å². The Hall–Kier alpha value is -0.810. The van der Waals surface area contributed by atoms with Gasteiger partial charge in [-0.2, -0.15) is 0 Å². The average molecular weight is 189 g/mol. The van der Waals surface area contributed by atoms with Crippen LogP contribution in [0.15, 0.2) is 22.8 Å². The molecule has 68 valence electrons. The number of rotatable bonds is 3. The van der Waals surface area contributed by atoms with Crippen LogP contribution in [-0.4, -0.2) is 14.7 Å². The van der Waals surface area contributed by atoms with Gasteiger partial charge in [0.15, 0.2) is 0 Å². The van der Waals surface area contributed by atoms with Crippen molar-refractivity contribution >= 4 is 10.0 Å². The Morgan fingerprint density at radius 3 is 2.67 bits per heavy atom. The number of furan rings is 1. The van der Waals surface area contributed by atoms with Crippen LogP contribution in [-0.2, 0) is 10.0 Å². The fourth-order valence-electron chi connectivity index (χ4n) is 0.917. The number of hydrogen-bond donors (Lipinski definition) is 1. The molecular formula is C7H11NO3S. The molecule has 0 aromatic carbocycles. The molecule has 0 amide bonds. The van der Waals surface area contributed by atoms with Gasteiger partial charge in [-0.3, -0.25) is 0 Å². The quantitative estimate of drug-likeness (QED) is 0.768. The Labute approximate surface area is 71.6 Å². The summed E-state index contributed by atoms with van der Waals surface area (Å²) < 4.78 is 29.0. The maximum Gasteiger partial charge on any atom is 0.209 e. The molecule has 4 nitrogen and oxygen atoms in total. The van der Waals surface area contributed by atoms with Gasteiger partial charge in [0.2, 0.25) is 10.0 Å². The molecule has 5 heteroatoms. The van der Waals surface area contributed by atoms with E-state index in [9.17, 15) is 8.42 Å². The van der Waals surface area contributed by atoms with Crippen LogP contribution in [0.1, 0.15) is 18.7 Å². The maximum absolute atomic E-state index is 10.8. The van der Waals surface area contributed by atoms with Crippen LogP contribution >= 0.6 is 0 Å². The van der Waals surface area contributed by atoms with Gasteiger partial charge in [-0.05, 0) is 19.1 Å². The highest BCUT2D eigenvalue weighted by Crippen LogP contribution is 2.12. The highest BCUT2D eigenvalue weighted by molar-refractivity contribution is 7.88. The van der Waals surface area contributed by atoms with Crippen LogP contribution in [0.4, 0.5) is 0 Å². The van der Waals surface area contributed by atoms with Gasteiger partial charge in [0, 0.05) is 0 Å². The van der Waals surface area contributed by atoms with E-state index in [-0.39, 0.29) is 6.04 Å². The van der Waals surface area contributed by atoms with Crippen LogP contribution in [0.25, 0.3) is 0 Å². The molecule has 1 N–H and O–H groups in total. The minimum Gasteiger partial charge on any atom is -0.468 e. The minimum atomic E-state index is -3.16. The highest BCUT2D eigenvalue weighted by atomic mass is 32.2. The van der Waals surface area contributed by atoms with Gasteiger partial charge in [0.1, 0.15) is 5.76 Å². The van der Waals surface area contributed by atoms with Crippen molar-refractivity contribution in [3.05, 3.63) is 24.2 Å². The predicted octanol–water partition coefficient (Wildman–Crippen LogP) is 0.890. The van der Waals surface area contributed by atoms with E-state index in [1.807, 2.05) is 0 Å². The zero-order valence-electron chi connectivity index (χ0n) is 6.94. The van der Waals surface area contributed by atoms with Crippen LogP contribution in [0.5, 0.6) is 0 Å². The largest absolute Gasteiger partial charge is 0.468 e. The van der Waals surface area contributed by atoms with Crippen LogP contribution in [0.2, 0.25) is 0 Å². The van der Waals surface area contributed by atoms with Crippen molar-refractivity contribution in [3.8, 4) is 0 Å². The van der Waals surface area contributed by atoms with Gasteiger partial charge in [-0.15, -0.1) is 0 Å². The van der Waals surface area contributed by atoms with Crippen LogP contribution in [0.3, 0.4) is 0 Å². The molecule has 0 aliphatic rings. The molecule has 0 saturated carbocycles. The van der Waals surface area contributed by atoms with Crippen LogP contribution < -0.4 is 4.72 Å². The van der Waals surface area contributed by atoms with Crippen molar-refractivity contribution in [1.82, 2.24) is 4.72 Å². The molecule has 1 unspecified atom stereocenters. The molecule has 0 spiro atoms. The second kappa shape index (κ2) is 3.28. The summed E-state index contributed by atoms with van der Waals surface area (Å²) in [5.41, 5.74) is 0. The Balaban J connectivity index is 2.68. The summed E-state index contributed by atoms with van der Waals surface area (Å²) in [6.07, 6.45) is 2.63. The summed E-state index contributed by atoms with van der Waals surface area (Å²) in [5, 5.41) is 0. The lowest BCUT2D eigenvalue weighted by Gasteiger charge is -2.07. The first kappa shape index (κ1) is 9.28. The summed E-state index contributed by atoms with van der Waals surface area (Å²) in [5.74, 6) is 0.612. The molecule has 0 aliphatic heterocycles. The molecule has 0 saturated heterocycles. The molecule has 1 aromatic heterocycles. The zero-order valence-corrected chi connectivity index (χ0v) is 7.76. The number of sulfonamides is 1. The maximum atomic E-state index is 10.8. The fraction of sp³-hybridized carbons (Fsp3) is 0.429. The summed E-state index contributed by atoms with van der Waals surface area (Å²) in [6, 6.07) is 3.13. The van der Waals surface area contributed by atoms with Crippen molar-refractivity contribution in [2.24, 2.45) is 0 Å². The first-order valence-corrected chi connectivity index (χ1v) is 5.39. The molecular weight excluding hydrogens is 178 g/mol. The second-order valence-electron chi connectivity index (χ2n) is 2.63. The summed E-state index contributed by atoms with van der Waals surface area (Å²) in [6.45, 7) is 1.72. The van der Waals surface area contributed by atoms with Crippen molar-refractivity contribution < 1.29 is 12.8 Å². The first-order valence-electron chi connectivity index (χ1n) is 3.50. The molecule has 1 rings (SSSR count). The molecule has 1 heterocycles. The third kappa shape index (κ3) is 2.67. The highest BCUT2D eigenvalue weighted by Gasteiger charge is 2.12. The van der Waals surface area contributed by atoms with Gasteiger partial charge >= 0.3 is 0 Å². The lowest BCUT2D eigenvalue weighted by molar-refractivity contribution is 0.460. The van der Waals surface area contributed by atoms with Crippen molar-refractivity contribution in [1.29, 1.82) is 0 Å². The van der Waals surface area contributed by atoms with Crippen molar-refractivity contribution in [3.63, 3.8) is 0 Å². The second-order valence-corrected chi connectivity index (χ2v) is 4.41. The van der Waals surface area contributed by atoms with Gasteiger partial charge in [-0.1, -0.05) is 0 Å². The molecule has 0 radical (unpaired) electrons. The smallest absolute Gasteiger partial charge is 0.209 e. The molecule has 0 bridgehead atoms. The van der Waals surface area contributed by atoms with E-state index in [1.165, 1.54) is 6.26 Å².